The van der Waals surface area contributed by atoms with Crippen molar-refractivity contribution in [3.8, 4) is 0 Å². The van der Waals surface area contributed by atoms with Crippen LogP contribution in [0.2, 0.25) is 0 Å². The van der Waals surface area contributed by atoms with E-state index < -0.39 is 5.97 Å². The lowest BCUT2D eigenvalue weighted by molar-refractivity contribution is -0.131. The van der Waals surface area contributed by atoms with Crippen molar-refractivity contribution in [3.63, 3.8) is 0 Å². The Balaban J connectivity index is 0. The summed E-state index contributed by atoms with van der Waals surface area (Å²) in [5.74, 6) is -0.953. The van der Waals surface area contributed by atoms with Crippen LogP contribution in [0.1, 0.15) is 0 Å². The van der Waals surface area contributed by atoms with Crippen LogP contribution in [0.15, 0.2) is 12.2 Å². The van der Waals surface area contributed by atoms with Crippen molar-refractivity contribution in [1.82, 2.24) is 0 Å². The number of carboxylic acids is 1. The van der Waals surface area contributed by atoms with Crippen LogP contribution in [-0.2, 0) is 4.79 Å². The lowest BCUT2D eigenvalue weighted by Gasteiger charge is -1.74. The second-order valence-electron chi connectivity index (χ2n) is 0.976. The standard InChI is InChI=1S/C4H7NO2.ClH/c5-3-1-2-4(6)7;/h1-2H,3,5H2,(H,6,7);1H/b2-1+;. The summed E-state index contributed by atoms with van der Waals surface area (Å²) in [5, 5.41) is 7.90. The molecule has 0 aliphatic heterocycles. The van der Waals surface area contributed by atoms with E-state index in [-0.39, 0.29) is 19.0 Å². The topological polar surface area (TPSA) is 63.3 Å². The zero-order chi connectivity index (χ0) is 5.70. The summed E-state index contributed by atoms with van der Waals surface area (Å²) in [6.07, 6.45) is 2.39. The highest BCUT2D eigenvalue weighted by molar-refractivity contribution is 5.85. The van der Waals surface area contributed by atoms with Gasteiger partial charge in [-0.25, -0.2) is 4.79 Å². The maximum Gasteiger partial charge on any atom is 0.328 e. The predicted octanol–water partition coefficient (Wildman–Crippen LogP) is 0.00770. The van der Waals surface area contributed by atoms with Gasteiger partial charge in [-0.2, -0.15) is 0 Å². The maximum absolute atomic E-state index is 9.62. The highest BCUT2D eigenvalue weighted by atomic mass is 35.5. The first-order valence-electron chi connectivity index (χ1n) is 1.87. The number of hydrogen-bond donors (Lipinski definition) is 2. The quantitative estimate of drug-likeness (QED) is 0.527. The Morgan fingerprint density at radius 3 is 2.38 bits per heavy atom. The third-order valence-electron chi connectivity index (χ3n) is 0.397. The second kappa shape index (κ2) is 6.46. The molecule has 0 aliphatic rings. The Labute approximate surface area is 53.6 Å². The van der Waals surface area contributed by atoms with Crippen molar-refractivity contribution in [2.75, 3.05) is 6.54 Å². The molecule has 0 bridgehead atoms. The van der Waals surface area contributed by atoms with Gasteiger partial charge < -0.3 is 10.8 Å². The van der Waals surface area contributed by atoms with Gasteiger partial charge in [0.2, 0.25) is 0 Å². The maximum atomic E-state index is 9.62. The van der Waals surface area contributed by atoms with Gasteiger partial charge >= 0.3 is 5.97 Å². The Bertz CT molecular complexity index is 92.0. The lowest BCUT2D eigenvalue weighted by Crippen LogP contribution is -1.95. The number of nitrogens with two attached hydrogens (primary N) is 1. The van der Waals surface area contributed by atoms with Crippen LogP contribution in [-0.4, -0.2) is 17.6 Å². The zero-order valence-electron chi connectivity index (χ0n) is 4.20. The monoisotopic (exact) mass is 137 g/mol. The molecule has 4 heteroatoms. The molecule has 0 unspecified atom stereocenters. The van der Waals surface area contributed by atoms with Crippen molar-refractivity contribution >= 4 is 18.4 Å². The van der Waals surface area contributed by atoms with Crippen molar-refractivity contribution < 1.29 is 9.90 Å². The fourth-order valence-corrected chi connectivity index (χ4v) is 0.169. The first-order valence-corrected chi connectivity index (χ1v) is 1.87. The molecule has 0 saturated heterocycles. The summed E-state index contributed by atoms with van der Waals surface area (Å²) < 4.78 is 0. The van der Waals surface area contributed by atoms with E-state index in [4.69, 9.17) is 10.8 Å². The fourth-order valence-electron chi connectivity index (χ4n) is 0.169. The van der Waals surface area contributed by atoms with E-state index in [1.807, 2.05) is 0 Å². The molecule has 0 aliphatic carbocycles. The predicted molar refractivity (Wildman–Crippen MR) is 33.1 cm³/mol. The average Bonchev–Trinajstić information content (AvgIpc) is 1.61. The molecule has 0 aromatic rings. The van der Waals surface area contributed by atoms with Gasteiger partial charge in [-0.1, -0.05) is 6.08 Å². The van der Waals surface area contributed by atoms with Gasteiger partial charge in [0, 0.05) is 12.6 Å². The Hall–Kier alpha value is -0.540. The van der Waals surface area contributed by atoms with Gasteiger partial charge in [-0.3, -0.25) is 0 Å². The van der Waals surface area contributed by atoms with E-state index in [0.29, 0.717) is 0 Å². The van der Waals surface area contributed by atoms with Gasteiger partial charge in [0.1, 0.15) is 0 Å². The van der Waals surface area contributed by atoms with Gasteiger partial charge in [0.15, 0.2) is 0 Å². The van der Waals surface area contributed by atoms with Crippen LogP contribution in [0.25, 0.3) is 0 Å². The van der Waals surface area contributed by atoms with Crippen LogP contribution in [0, 0.1) is 0 Å². The number of aliphatic carboxylic acids is 1. The molecule has 0 rings (SSSR count). The highest BCUT2D eigenvalue weighted by Crippen LogP contribution is 1.65. The summed E-state index contributed by atoms with van der Waals surface area (Å²) in [7, 11) is 0. The minimum Gasteiger partial charge on any atom is -0.478 e. The first kappa shape index (κ1) is 10.4. The van der Waals surface area contributed by atoms with E-state index in [1.165, 1.54) is 6.08 Å². The third-order valence-corrected chi connectivity index (χ3v) is 0.397. The molecule has 8 heavy (non-hydrogen) atoms. The summed E-state index contributed by atoms with van der Waals surface area (Å²) in [6, 6.07) is 0. The van der Waals surface area contributed by atoms with Crippen LogP contribution < -0.4 is 5.73 Å². The number of halogens is 1. The molecule has 0 heterocycles. The zero-order valence-corrected chi connectivity index (χ0v) is 5.02. The van der Waals surface area contributed by atoms with Gasteiger partial charge in [-0.15, -0.1) is 12.4 Å². The molecular formula is C4H8ClNO2. The molecule has 0 amide bonds. The van der Waals surface area contributed by atoms with Gasteiger partial charge in [0.25, 0.3) is 0 Å². The highest BCUT2D eigenvalue weighted by Gasteiger charge is 1.79. The van der Waals surface area contributed by atoms with E-state index in [1.54, 1.807) is 0 Å². The van der Waals surface area contributed by atoms with Gasteiger partial charge in [0.05, 0.1) is 0 Å². The molecule has 0 aromatic heterocycles. The van der Waals surface area contributed by atoms with E-state index >= 15 is 0 Å². The van der Waals surface area contributed by atoms with Crippen LogP contribution >= 0.6 is 12.4 Å². The number of rotatable bonds is 2. The average molecular weight is 138 g/mol. The van der Waals surface area contributed by atoms with Crippen molar-refractivity contribution in [1.29, 1.82) is 0 Å². The molecule has 0 atom stereocenters. The van der Waals surface area contributed by atoms with Crippen LogP contribution in [0.4, 0.5) is 0 Å². The number of carbonyl (C=O) groups is 1. The minimum atomic E-state index is -0.953. The molecule has 0 fully saturated rings. The molecule has 3 nitrogen and oxygen atoms in total. The van der Waals surface area contributed by atoms with Crippen molar-refractivity contribution in [2.45, 2.75) is 0 Å². The molecule has 0 aromatic carbocycles. The van der Waals surface area contributed by atoms with E-state index in [9.17, 15) is 4.79 Å². The second-order valence-corrected chi connectivity index (χ2v) is 0.976. The Morgan fingerprint density at radius 1 is 1.75 bits per heavy atom. The fraction of sp³-hybridized carbons (Fsp3) is 0.250. The Morgan fingerprint density at radius 2 is 2.25 bits per heavy atom. The molecule has 3 N–H and O–H groups in total. The third kappa shape index (κ3) is 9.07. The number of carboxylic acid groups (broad SMARTS) is 1. The number of hydrogen-bond acceptors (Lipinski definition) is 2. The molecule has 48 valence electrons. The van der Waals surface area contributed by atoms with Crippen molar-refractivity contribution in [3.05, 3.63) is 12.2 Å². The molecule has 0 saturated carbocycles. The minimum absolute atomic E-state index is 0. The first-order chi connectivity index (χ1) is 3.27. The summed E-state index contributed by atoms with van der Waals surface area (Å²) in [5.41, 5.74) is 4.93. The summed E-state index contributed by atoms with van der Waals surface area (Å²) >= 11 is 0. The lowest BCUT2D eigenvalue weighted by atomic mass is 10.5. The summed E-state index contributed by atoms with van der Waals surface area (Å²) in [4.78, 5) is 9.62. The molecule has 0 radical (unpaired) electrons. The van der Waals surface area contributed by atoms with Crippen molar-refractivity contribution in [2.24, 2.45) is 5.73 Å². The largest absolute Gasteiger partial charge is 0.478 e. The smallest absolute Gasteiger partial charge is 0.328 e. The van der Waals surface area contributed by atoms with E-state index in [0.717, 1.165) is 6.08 Å². The Kier molecular flexibility index (Phi) is 8.43. The SMILES string of the molecule is Cl.NC/C=C/C(=O)O. The molecular weight excluding hydrogens is 130 g/mol. The van der Waals surface area contributed by atoms with Gasteiger partial charge in [-0.05, 0) is 0 Å². The van der Waals surface area contributed by atoms with Crippen LogP contribution in [0.3, 0.4) is 0 Å². The summed E-state index contributed by atoms with van der Waals surface area (Å²) in [6.45, 7) is 0.284. The van der Waals surface area contributed by atoms with Crippen LogP contribution in [0.5, 0.6) is 0 Å². The molecule has 0 spiro atoms. The normalized spacial score (nSPS) is 8.62. The van der Waals surface area contributed by atoms with E-state index in [2.05, 4.69) is 0 Å².